The summed E-state index contributed by atoms with van der Waals surface area (Å²) >= 11 is 5.93. The number of esters is 1. The molecule has 1 aromatic heterocycles. The number of nitrogens with zero attached hydrogens (tertiary/aromatic N) is 2. The summed E-state index contributed by atoms with van der Waals surface area (Å²) in [4.78, 5) is 19.7. The molecule has 3 rings (SSSR count). The van der Waals surface area contributed by atoms with Crippen molar-refractivity contribution in [1.29, 1.82) is 5.26 Å². The van der Waals surface area contributed by atoms with Crippen molar-refractivity contribution in [3.63, 3.8) is 0 Å². The van der Waals surface area contributed by atoms with Crippen molar-refractivity contribution in [2.75, 3.05) is 7.11 Å². The number of aromatic amines is 1. The molecule has 0 unspecified atom stereocenters. The van der Waals surface area contributed by atoms with E-state index in [4.69, 9.17) is 21.1 Å². The third-order valence-corrected chi connectivity index (χ3v) is 4.28. The van der Waals surface area contributed by atoms with Crippen molar-refractivity contribution in [2.45, 2.75) is 13.0 Å². The summed E-state index contributed by atoms with van der Waals surface area (Å²) in [5.41, 5.74) is 1.35. The number of H-pyrrole nitrogens is 1. The monoisotopic (exact) mass is 397 g/mol. The number of nitriles is 1. The first-order valence-corrected chi connectivity index (χ1v) is 8.65. The molecule has 142 valence electrons. The highest BCUT2D eigenvalue weighted by atomic mass is 35.5. The van der Waals surface area contributed by atoms with Crippen LogP contribution in [0.1, 0.15) is 23.1 Å². The third kappa shape index (κ3) is 3.77. The zero-order chi connectivity index (χ0) is 20.3. The van der Waals surface area contributed by atoms with Gasteiger partial charge in [-0.25, -0.2) is 9.78 Å². The van der Waals surface area contributed by atoms with Crippen LogP contribution in [0.15, 0.2) is 48.2 Å². The minimum Gasteiger partial charge on any atom is -0.507 e. The summed E-state index contributed by atoms with van der Waals surface area (Å²) in [7, 11) is 1.41. The summed E-state index contributed by atoms with van der Waals surface area (Å²) in [5.74, 6) is -0.705. The maximum Gasteiger partial charge on any atom is 0.342 e. The first-order valence-electron chi connectivity index (χ1n) is 8.27. The Morgan fingerprint density at radius 2 is 2.07 bits per heavy atom. The Kier molecular flexibility index (Phi) is 5.52. The van der Waals surface area contributed by atoms with Gasteiger partial charge >= 0.3 is 5.97 Å². The Bertz CT molecular complexity index is 1080. The van der Waals surface area contributed by atoms with Gasteiger partial charge in [0.05, 0.1) is 18.1 Å². The number of aliphatic hydroxyl groups is 1. The Morgan fingerprint density at radius 3 is 2.75 bits per heavy atom. The average Bonchev–Trinajstić information content (AvgIpc) is 3.11. The topological polar surface area (TPSA) is 108 Å². The van der Waals surface area contributed by atoms with E-state index in [2.05, 4.69) is 9.97 Å². The number of benzene rings is 2. The number of aromatic nitrogens is 2. The highest BCUT2D eigenvalue weighted by Crippen LogP contribution is 2.26. The zero-order valence-electron chi connectivity index (χ0n) is 15.1. The van der Waals surface area contributed by atoms with Gasteiger partial charge in [0, 0.05) is 5.02 Å². The van der Waals surface area contributed by atoms with E-state index in [1.807, 2.05) is 18.2 Å². The predicted octanol–water partition coefficient (Wildman–Crippen LogP) is 4.26. The van der Waals surface area contributed by atoms with Crippen LogP contribution >= 0.6 is 11.6 Å². The highest BCUT2D eigenvalue weighted by Gasteiger charge is 2.23. The molecule has 8 heteroatoms. The molecule has 0 saturated carbocycles. The molecular weight excluding hydrogens is 382 g/mol. The van der Waals surface area contributed by atoms with Gasteiger partial charge in [0.1, 0.15) is 23.0 Å². The summed E-state index contributed by atoms with van der Waals surface area (Å²) in [6, 6.07) is 13.6. The van der Waals surface area contributed by atoms with Gasteiger partial charge in [0.25, 0.3) is 0 Å². The first-order chi connectivity index (χ1) is 13.4. The van der Waals surface area contributed by atoms with Crippen molar-refractivity contribution in [2.24, 2.45) is 0 Å². The second-order valence-corrected chi connectivity index (χ2v) is 6.30. The van der Waals surface area contributed by atoms with E-state index in [0.717, 1.165) is 0 Å². The van der Waals surface area contributed by atoms with Crippen LogP contribution in [-0.4, -0.2) is 34.3 Å². The molecule has 2 aromatic carbocycles. The fourth-order valence-corrected chi connectivity index (χ4v) is 2.80. The van der Waals surface area contributed by atoms with Crippen LogP contribution in [0.2, 0.25) is 5.02 Å². The van der Waals surface area contributed by atoms with E-state index in [-0.39, 0.29) is 22.7 Å². The lowest BCUT2D eigenvalue weighted by Crippen LogP contribution is -2.19. The van der Waals surface area contributed by atoms with Crippen LogP contribution in [0, 0.1) is 11.3 Å². The first kappa shape index (κ1) is 19.3. The molecule has 28 heavy (non-hydrogen) atoms. The number of hydrogen-bond donors (Lipinski definition) is 2. The standard InChI is InChI=1S/C20H16ClN3O4/c1-11(28-20(26)13-9-12(21)7-8-17(13)27-2)18(25)14(10-22)19-23-15-5-3-4-6-16(15)24-19/h3-9,11,25H,1-2H3,(H,23,24)/b18-14-/t11-/m1/s1. The number of nitrogens with one attached hydrogen (secondary N) is 1. The van der Waals surface area contributed by atoms with Crippen LogP contribution in [0.25, 0.3) is 16.6 Å². The van der Waals surface area contributed by atoms with Gasteiger partial charge in [-0.05, 0) is 37.3 Å². The Hall–Kier alpha value is -3.50. The van der Waals surface area contributed by atoms with E-state index in [1.54, 1.807) is 18.2 Å². The molecule has 1 atom stereocenters. The molecule has 1 heterocycles. The maximum absolute atomic E-state index is 12.5. The lowest BCUT2D eigenvalue weighted by Gasteiger charge is -2.15. The molecule has 0 fully saturated rings. The molecule has 7 nitrogen and oxygen atoms in total. The Balaban J connectivity index is 1.89. The molecule has 0 radical (unpaired) electrons. The fraction of sp³-hybridized carbons (Fsp3) is 0.150. The number of ether oxygens (including phenoxy) is 2. The maximum atomic E-state index is 12.5. The summed E-state index contributed by atoms with van der Waals surface area (Å²) in [6.07, 6.45) is -1.10. The number of carbonyl (C=O) groups is 1. The Labute approximate surface area is 165 Å². The smallest absolute Gasteiger partial charge is 0.342 e. The van der Waals surface area contributed by atoms with Gasteiger partial charge in [0.2, 0.25) is 0 Å². The van der Waals surface area contributed by atoms with Crippen LogP contribution in [-0.2, 0) is 4.74 Å². The van der Waals surface area contributed by atoms with Gasteiger partial charge in [-0.2, -0.15) is 5.26 Å². The van der Waals surface area contributed by atoms with Crippen molar-refractivity contribution >= 4 is 34.2 Å². The zero-order valence-corrected chi connectivity index (χ0v) is 15.8. The SMILES string of the molecule is COc1ccc(Cl)cc1C(=O)O[C@H](C)/C(O)=C(\C#N)c1nc2ccccc2[nH]1. The quantitative estimate of drug-likeness (QED) is 0.378. The number of para-hydroxylation sites is 2. The number of hydrogen-bond acceptors (Lipinski definition) is 6. The van der Waals surface area contributed by atoms with Crippen molar-refractivity contribution in [1.82, 2.24) is 9.97 Å². The highest BCUT2D eigenvalue weighted by molar-refractivity contribution is 6.31. The summed E-state index contributed by atoms with van der Waals surface area (Å²) < 4.78 is 10.4. The normalized spacial score (nSPS) is 12.8. The lowest BCUT2D eigenvalue weighted by atomic mass is 10.1. The average molecular weight is 398 g/mol. The Morgan fingerprint density at radius 1 is 1.32 bits per heavy atom. The molecule has 0 bridgehead atoms. The van der Waals surface area contributed by atoms with E-state index in [1.165, 1.54) is 26.2 Å². The van der Waals surface area contributed by atoms with Gasteiger partial charge < -0.3 is 19.6 Å². The van der Waals surface area contributed by atoms with Crippen molar-refractivity contribution < 1.29 is 19.4 Å². The molecule has 0 spiro atoms. The van der Waals surface area contributed by atoms with Gasteiger partial charge in [-0.15, -0.1) is 0 Å². The minimum absolute atomic E-state index is 0.108. The van der Waals surface area contributed by atoms with Crippen LogP contribution in [0.4, 0.5) is 0 Å². The van der Waals surface area contributed by atoms with Crippen LogP contribution in [0.3, 0.4) is 0 Å². The van der Waals surface area contributed by atoms with E-state index in [0.29, 0.717) is 16.1 Å². The molecule has 0 aliphatic carbocycles. The largest absolute Gasteiger partial charge is 0.507 e. The molecule has 0 amide bonds. The molecule has 0 aliphatic heterocycles. The third-order valence-electron chi connectivity index (χ3n) is 4.04. The van der Waals surface area contributed by atoms with E-state index in [9.17, 15) is 15.2 Å². The summed E-state index contributed by atoms with van der Waals surface area (Å²) in [6.45, 7) is 1.45. The predicted molar refractivity (Wildman–Crippen MR) is 104 cm³/mol. The number of halogens is 1. The molecule has 0 saturated heterocycles. The summed E-state index contributed by atoms with van der Waals surface area (Å²) in [5, 5.41) is 20.3. The number of carbonyl (C=O) groups excluding carboxylic acids is 1. The van der Waals surface area contributed by atoms with Gasteiger partial charge in [-0.1, -0.05) is 23.7 Å². The van der Waals surface area contributed by atoms with Crippen molar-refractivity contribution in [3.8, 4) is 11.8 Å². The molecular formula is C20H16ClN3O4. The lowest BCUT2D eigenvalue weighted by molar-refractivity contribution is 0.0330. The number of rotatable bonds is 5. The molecule has 0 aliphatic rings. The van der Waals surface area contributed by atoms with Crippen molar-refractivity contribution in [3.05, 3.63) is 64.6 Å². The van der Waals surface area contributed by atoms with Crippen LogP contribution < -0.4 is 4.74 Å². The van der Waals surface area contributed by atoms with Gasteiger partial charge in [-0.3, -0.25) is 0 Å². The number of allylic oxidation sites excluding steroid dienone is 1. The number of fused-ring (bicyclic) bond motifs is 1. The second-order valence-electron chi connectivity index (χ2n) is 5.87. The number of imidazole rings is 1. The number of aliphatic hydroxyl groups excluding tert-OH is 1. The van der Waals surface area contributed by atoms with E-state index >= 15 is 0 Å². The molecule has 2 N–H and O–H groups in total. The number of methoxy groups -OCH3 is 1. The second kappa shape index (κ2) is 8.03. The minimum atomic E-state index is -1.10. The van der Waals surface area contributed by atoms with Crippen LogP contribution in [0.5, 0.6) is 5.75 Å². The molecule has 3 aromatic rings. The van der Waals surface area contributed by atoms with Gasteiger partial charge in [0.15, 0.2) is 17.7 Å². The van der Waals surface area contributed by atoms with E-state index < -0.39 is 17.8 Å². The fourth-order valence-electron chi connectivity index (χ4n) is 2.63.